The molecule has 1 heteroatoms. The maximum Gasteiger partial charge on any atom is 0.0182 e. The van der Waals surface area contributed by atoms with Crippen LogP contribution in [0.1, 0.15) is 78.1 Å². The third-order valence-corrected chi connectivity index (χ3v) is 5.55. The third kappa shape index (κ3) is 3.47. The van der Waals surface area contributed by atoms with Crippen molar-refractivity contribution in [3.05, 3.63) is 0 Å². The minimum atomic E-state index is 0.162. The van der Waals surface area contributed by atoms with E-state index in [1.165, 1.54) is 64.2 Å². The van der Waals surface area contributed by atoms with Crippen LogP contribution in [0, 0.1) is 17.8 Å². The fraction of sp³-hybridized carbons (Fsp3) is 1.00. The number of rotatable bonds is 3. The van der Waals surface area contributed by atoms with Crippen LogP contribution in [-0.4, -0.2) is 5.54 Å². The zero-order valence-electron chi connectivity index (χ0n) is 11.9. The van der Waals surface area contributed by atoms with Gasteiger partial charge < -0.3 is 5.73 Å². The Bertz CT molecular complexity index is 232. The molecule has 3 unspecified atom stereocenters. The Hall–Kier alpha value is -0.0400. The van der Waals surface area contributed by atoms with Crippen molar-refractivity contribution in [2.24, 2.45) is 23.5 Å². The molecular weight excluding hydrogens is 206 g/mol. The van der Waals surface area contributed by atoms with E-state index < -0.39 is 0 Å². The summed E-state index contributed by atoms with van der Waals surface area (Å²) in [6, 6.07) is 0. The molecule has 0 aliphatic heterocycles. The second-order valence-electron chi connectivity index (χ2n) is 7.06. The summed E-state index contributed by atoms with van der Waals surface area (Å²) in [6.45, 7) is 4.76. The first-order valence-electron chi connectivity index (χ1n) is 7.89. The largest absolute Gasteiger partial charge is 0.325 e. The molecule has 100 valence electrons. The lowest BCUT2D eigenvalue weighted by atomic mass is 9.67. The molecule has 17 heavy (non-hydrogen) atoms. The quantitative estimate of drug-likeness (QED) is 0.768. The summed E-state index contributed by atoms with van der Waals surface area (Å²) in [6.07, 6.45) is 14.0. The molecule has 0 aromatic heterocycles. The van der Waals surface area contributed by atoms with Crippen LogP contribution in [0.5, 0.6) is 0 Å². The van der Waals surface area contributed by atoms with Gasteiger partial charge in [0.15, 0.2) is 0 Å². The zero-order chi connectivity index (χ0) is 12.3. The van der Waals surface area contributed by atoms with E-state index in [1.807, 2.05) is 0 Å². The van der Waals surface area contributed by atoms with Gasteiger partial charge >= 0.3 is 0 Å². The van der Waals surface area contributed by atoms with Crippen LogP contribution in [0.15, 0.2) is 0 Å². The van der Waals surface area contributed by atoms with E-state index >= 15 is 0 Å². The number of hydrogen-bond acceptors (Lipinski definition) is 1. The highest BCUT2D eigenvalue weighted by molar-refractivity contribution is 4.94. The minimum absolute atomic E-state index is 0.162. The molecule has 0 radical (unpaired) electrons. The van der Waals surface area contributed by atoms with Crippen LogP contribution in [-0.2, 0) is 0 Å². The molecule has 0 aromatic rings. The number of hydrogen-bond donors (Lipinski definition) is 1. The summed E-state index contributed by atoms with van der Waals surface area (Å²) in [5.74, 6) is 2.58. The zero-order valence-corrected chi connectivity index (χ0v) is 11.9. The van der Waals surface area contributed by atoms with Gasteiger partial charge in [-0.1, -0.05) is 52.4 Å². The molecular formula is C16H31N. The van der Waals surface area contributed by atoms with Gasteiger partial charge in [-0.3, -0.25) is 0 Å². The van der Waals surface area contributed by atoms with Crippen LogP contribution in [0.4, 0.5) is 0 Å². The highest BCUT2D eigenvalue weighted by Crippen LogP contribution is 2.40. The second-order valence-corrected chi connectivity index (χ2v) is 7.06. The molecule has 2 N–H and O–H groups in total. The molecule has 3 atom stereocenters. The Kier molecular flexibility index (Phi) is 4.52. The first-order chi connectivity index (χ1) is 8.10. The molecule has 0 spiro atoms. The lowest BCUT2D eigenvalue weighted by Crippen LogP contribution is -2.50. The SMILES string of the molecule is CC1CCC(C)C(N)(CCC2CCCCC2)C1. The summed E-state index contributed by atoms with van der Waals surface area (Å²) in [7, 11) is 0. The van der Waals surface area contributed by atoms with Gasteiger partial charge in [0.05, 0.1) is 0 Å². The van der Waals surface area contributed by atoms with Crippen LogP contribution in [0.25, 0.3) is 0 Å². The molecule has 2 aliphatic rings. The topological polar surface area (TPSA) is 26.0 Å². The summed E-state index contributed by atoms with van der Waals surface area (Å²) in [4.78, 5) is 0. The molecule has 2 rings (SSSR count). The molecule has 0 saturated heterocycles. The van der Waals surface area contributed by atoms with Gasteiger partial charge in [0.25, 0.3) is 0 Å². The predicted molar refractivity (Wildman–Crippen MR) is 74.9 cm³/mol. The lowest BCUT2D eigenvalue weighted by molar-refractivity contribution is 0.138. The highest BCUT2D eigenvalue weighted by Gasteiger charge is 2.37. The Labute approximate surface area is 108 Å². The third-order valence-electron chi connectivity index (χ3n) is 5.55. The maximum atomic E-state index is 6.71. The van der Waals surface area contributed by atoms with Gasteiger partial charge in [0.2, 0.25) is 0 Å². The van der Waals surface area contributed by atoms with E-state index in [0.717, 1.165) is 17.8 Å². The van der Waals surface area contributed by atoms with Crippen molar-refractivity contribution in [1.29, 1.82) is 0 Å². The molecule has 1 nitrogen and oxygen atoms in total. The molecule has 0 bridgehead atoms. The van der Waals surface area contributed by atoms with E-state index in [9.17, 15) is 0 Å². The van der Waals surface area contributed by atoms with E-state index in [2.05, 4.69) is 13.8 Å². The standard InChI is InChI=1S/C16H31N/c1-13-8-9-14(2)16(17,12-13)11-10-15-6-4-3-5-7-15/h13-15H,3-12,17H2,1-2H3. The Balaban J connectivity index is 1.82. The molecule has 0 heterocycles. The van der Waals surface area contributed by atoms with E-state index in [1.54, 1.807) is 0 Å². The first-order valence-corrected chi connectivity index (χ1v) is 7.89. The highest BCUT2D eigenvalue weighted by atomic mass is 14.8. The van der Waals surface area contributed by atoms with Gasteiger partial charge in [-0.2, -0.15) is 0 Å². The van der Waals surface area contributed by atoms with Crippen molar-refractivity contribution < 1.29 is 0 Å². The van der Waals surface area contributed by atoms with Crippen LogP contribution >= 0.6 is 0 Å². The van der Waals surface area contributed by atoms with E-state index in [0.29, 0.717) is 0 Å². The van der Waals surface area contributed by atoms with Crippen molar-refractivity contribution in [3.63, 3.8) is 0 Å². The molecule has 0 aromatic carbocycles. The molecule has 2 fully saturated rings. The van der Waals surface area contributed by atoms with Crippen LogP contribution in [0.3, 0.4) is 0 Å². The van der Waals surface area contributed by atoms with Gasteiger partial charge in [-0.15, -0.1) is 0 Å². The fourth-order valence-electron chi connectivity index (χ4n) is 4.07. The van der Waals surface area contributed by atoms with Gasteiger partial charge in [-0.05, 0) is 43.4 Å². The maximum absolute atomic E-state index is 6.71. The summed E-state index contributed by atoms with van der Waals surface area (Å²) in [5.41, 5.74) is 6.87. The van der Waals surface area contributed by atoms with Crippen LogP contribution in [0.2, 0.25) is 0 Å². The smallest absolute Gasteiger partial charge is 0.0182 e. The Morgan fingerprint density at radius 2 is 1.71 bits per heavy atom. The van der Waals surface area contributed by atoms with E-state index in [-0.39, 0.29) is 5.54 Å². The minimum Gasteiger partial charge on any atom is -0.325 e. The van der Waals surface area contributed by atoms with Crippen molar-refractivity contribution in [3.8, 4) is 0 Å². The molecule has 0 amide bonds. The molecule has 2 aliphatic carbocycles. The number of nitrogens with two attached hydrogens (primary N) is 1. The Morgan fingerprint density at radius 1 is 1.00 bits per heavy atom. The summed E-state index contributed by atoms with van der Waals surface area (Å²) < 4.78 is 0. The lowest BCUT2D eigenvalue weighted by Gasteiger charge is -2.43. The van der Waals surface area contributed by atoms with Gasteiger partial charge in [0, 0.05) is 5.54 Å². The average molecular weight is 237 g/mol. The summed E-state index contributed by atoms with van der Waals surface area (Å²) in [5, 5.41) is 0. The van der Waals surface area contributed by atoms with E-state index in [4.69, 9.17) is 5.73 Å². The summed E-state index contributed by atoms with van der Waals surface area (Å²) >= 11 is 0. The van der Waals surface area contributed by atoms with Crippen molar-refractivity contribution in [2.75, 3.05) is 0 Å². The monoisotopic (exact) mass is 237 g/mol. The normalized spacial score (nSPS) is 40.4. The second kappa shape index (κ2) is 5.73. The predicted octanol–water partition coefficient (Wildman–Crippen LogP) is 4.50. The van der Waals surface area contributed by atoms with Crippen molar-refractivity contribution in [1.82, 2.24) is 0 Å². The van der Waals surface area contributed by atoms with Crippen LogP contribution < -0.4 is 5.73 Å². The van der Waals surface area contributed by atoms with Crippen molar-refractivity contribution in [2.45, 2.75) is 83.6 Å². The fourth-order valence-corrected chi connectivity index (χ4v) is 4.07. The average Bonchev–Trinajstić information content (AvgIpc) is 2.33. The molecule has 2 saturated carbocycles. The van der Waals surface area contributed by atoms with Gasteiger partial charge in [-0.25, -0.2) is 0 Å². The Morgan fingerprint density at radius 3 is 2.41 bits per heavy atom. The van der Waals surface area contributed by atoms with Gasteiger partial charge in [0.1, 0.15) is 0 Å². The van der Waals surface area contributed by atoms with Crippen molar-refractivity contribution >= 4 is 0 Å². The first kappa shape index (κ1) is 13.4.